The molecule has 1 heterocycles. The van der Waals surface area contributed by atoms with Gasteiger partial charge in [0, 0.05) is 6.54 Å². The minimum Gasteiger partial charge on any atom is -0.384 e. The summed E-state index contributed by atoms with van der Waals surface area (Å²) < 4.78 is 25.9. The maximum Gasteiger partial charge on any atom is 0.233 e. The van der Waals surface area contributed by atoms with Crippen molar-refractivity contribution in [3.05, 3.63) is 18.3 Å². The molecule has 0 aliphatic carbocycles. The van der Waals surface area contributed by atoms with Crippen molar-refractivity contribution < 1.29 is 8.42 Å². The monoisotopic (exact) mass is 299 g/mol. The molecule has 0 unspecified atom stereocenters. The fourth-order valence-corrected chi connectivity index (χ4v) is 2.92. The summed E-state index contributed by atoms with van der Waals surface area (Å²) in [5.41, 5.74) is 0.914. The maximum absolute atomic E-state index is 11.7. The van der Waals surface area contributed by atoms with Gasteiger partial charge in [-0.2, -0.15) is 0 Å². The SMILES string of the molecule is CCCCCNc1ccc(NS(=O)(=O)CCCC)nc1. The number of aromatic nitrogens is 1. The molecule has 0 saturated carbocycles. The molecule has 20 heavy (non-hydrogen) atoms. The van der Waals surface area contributed by atoms with Crippen molar-refractivity contribution in [3.8, 4) is 0 Å². The van der Waals surface area contributed by atoms with Crippen LogP contribution in [0.15, 0.2) is 18.3 Å². The number of anilines is 2. The van der Waals surface area contributed by atoms with E-state index in [0.29, 0.717) is 12.2 Å². The van der Waals surface area contributed by atoms with Gasteiger partial charge in [0.15, 0.2) is 0 Å². The quantitative estimate of drug-likeness (QED) is 0.651. The van der Waals surface area contributed by atoms with Gasteiger partial charge >= 0.3 is 0 Å². The Labute approximate surface area is 122 Å². The maximum atomic E-state index is 11.7. The van der Waals surface area contributed by atoms with Gasteiger partial charge < -0.3 is 5.32 Å². The van der Waals surface area contributed by atoms with Gasteiger partial charge in [-0.1, -0.05) is 33.1 Å². The molecule has 0 aromatic carbocycles. The molecule has 0 fully saturated rings. The molecule has 1 rings (SSSR count). The summed E-state index contributed by atoms with van der Waals surface area (Å²) in [7, 11) is -3.27. The van der Waals surface area contributed by atoms with Gasteiger partial charge in [0.2, 0.25) is 10.0 Å². The molecule has 0 saturated heterocycles. The molecule has 0 aliphatic rings. The van der Waals surface area contributed by atoms with Crippen molar-refractivity contribution in [1.29, 1.82) is 0 Å². The van der Waals surface area contributed by atoms with Crippen molar-refractivity contribution in [2.45, 2.75) is 46.0 Å². The van der Waals surface area contributed by atoms with E-state index in [1.165, 1.54) is 12.8 Å². The van der Waals surface area contributed by atoms with Gasteiger partial charge in [-0.05, 0) is 25.0 Å². The van der Waals surface area contributed by atoms with Crippen LogP contribution in [0.25, 0.3) is 0 Å². The molecular formula is C14H25N3O2S. The summed E-state index contributed by atoms with van der Waals surface area (Å²) in [6.07, 6.45) is 6.70. The smallest absolute Gasteiger partial charge is 0.233 e. The Hall–Kier alpha value is -1.30. The van der Waals surface area contributed by atoms with Crippen LogP contribution in [0, 0.1) is 0 Å². The van der Waals surface area contributed by atoms with Crippen LogP contribution >= 0.6 is 0 Å². The highest BCUT2D eigenvalue weighted by Gasteiger charge is 2.09. The number of hydrogen-bond donors (Lipinski definition) is 2. The average Bonchev–Trinajstić information content (AvgIpc) is 2.43. The van der Waals surface area contributed by atoms with E-state index in [9.17, 15) is 8.42 Å². The van der Waals surface area contributed by atoms with Crippen molar-refractivity contribution in [3.63, 3.8) is 0 Å². The first-order chi connectivity index (χ1) is 9.57. The van der Waals surface area contributed by atoms with Crippen LogP contribution in [0.3, 0.4) is 0 Å². The zero-order valence-corrected chi connectivity index (χ0v) is 13.2. The highest BCUT2D eigenvalue weighted by molar-refractivity contribution is 7.92. The predicted octanol–water partition coefficient (Wildman–Crippen LogP) is 3.23. The van der Waals surface area contributed by atoms with Crippen LogP contribution in [-0.2, 0) is 10.0 Å². The first-order valence-corrected chi connectivity index (χ1v) is 8.93. The molecule has 0 spiro atoms. The Morgan fingerprint density at radius 2 is 1.85 bits per heavy atom. The minimum absolute atomic E-state index is 0.141. The number of rotatable bonds is 10. The largest absolute Gasteiger partial charge is 0.384 e. The second-order valence-electron chi connectivity index (χ2n) is 4.84. The Balaban J connectivity index is 2.46. The van der Waals surface area contributed by atoms with Crippen LogP contribution in [0.4, 0.5) is 11.5 Å². The molecule has 2 N–H and O–H groups in total. The van der Waals surface area contributed by atoms with E-state index in [-0.39, 0.29) is 5.75 Å². The number of hydrogen-bond acceptors (Lipinski definition) is 4. The lowest BCUT2D eigenvalue weighted by Crippen LogP contribution is -2.17. The Morgan fingerprint density at radius 3 is 2.45 bits per heavy atom. The minimum atomic E-state index is -3.27. The molecular weight excluding hydrogens is 274 g/mol. The van der Waals surface area contributed by atoms with E-state index in [2.05, 4.69) is 21.9 Å². The van der Waals surface area contributed by atoms with Crippen LogP contribution in [-0.4, -0.2) is 25.7 Å². The summed E-state index contributed by atoms with van der Waals surface area (Å²) in [6, 6.07) is 3.53. The summed E-state index contributed by atoms with van der Waals surface area (Å²) in [5, 5.41) is 3.26. The van der Waals surface area contributed by atoms with Crippen molar-refractivity contribution in [2.75, 3.05) is 22.3 Å². The van der Waals surface area contributed by atoms with Crippen molar-refractivity contribution in [1.82, 2.24) is 4.98 Å². The number of pyridine rings is 1. The lowest BCUT2D eigenvalue weighted by molar-refractivity contribution is 0.597. The Bertz CT molecular complexity index is 472. The molecule has 6 heteroatoms. The van der Waals surface area contributed by atoms with Gasteiger partial charge in [0.1, 0.15) is 5.82 Å². The molecule has 1 aromatic heterocycles. The topological polar surface area (TPSA) is 71.1 Å². The molecule has 114 valence electrons. The molecule has 0 amide bonds. The van der Waals surface area contributed by atoms with E-state index in [0.717, 1.165) is 25.1 Å². The molecule has 0 radical (unpaired) electrons. The lowest BCUT2D eigenvalue weighted by atomic mass is 10.2. The van der Waals surface area contributed by atoms with E-state index < -0.39 is 10.0 Å². The summed E-state index contributed by atoms with van der Waals surface area (Å²) >= 11 is 0. The first kappa shape index (κ1) is 16.8. The lowest BCUT2D eigenvalue weighted by Gasteiger charge is -2.08. The average molecular weight is 299 g/mol. The predicted molar refractivity (Wildman–Crippen MR) is 84.6 cm³/mol. The summed E-state index contributed by atoms with van der Waals surface area (Å²) in [6.45, 7) is 5.05. The van der Waals surface area contributed by atoms with Gasteiger partial charge in [0.05, 0.1) is 17.6 Å². The summed E-state index contributed by atoms with van der Waals surface area (Å²) in [4.78, 5) is 4.12. The van der Waals surface area contributed by atoms with Gasteiger partial charge in [-0.3, -0.25) is 4.72 Å². The van der Waals surface area contributed by atoms with Crippen LogP contribution in [0.1, 0.15) is 46.0 Å². The third-order valence-corrected chi connectivity index (χ3v) is 4.25. The highest BCUT2D eigenvalue weighted by atomic mass is 32.2. The molecule has 0 atom stereocenters. The molecule has 5 nitrogen and oxygen atoms in total. The molecule has 0 bridgehead atoms. The molecule has 0 aliphatic heterocycles. The van der Waals surface area contributed by atoms with Gasteiger partial charge in [-0.25, -0.2) is 13.4 Å². The second kappa shape index (κ2) is 8.79. The zero-order chi connectivity index (χ0) is 14.8. The highest BCUT2D eigenvalue weighted by Crippen LogP contribution is 2.12. The Kier molecular flexibility index (Phi) is 7.36. The van der Waals surface area contributed by atoms with Gasteiger partial charge in [0.25, 0.3) is 0 Å². The van der Waals surface area contributed by atoms with Crippen LogP contribution < -0.4 is 10.0 Å². The standard InChI is InChI=1S/C14H25N3O2S/c1-3-5-7-10-15-13-8-9-14(16-12-13)17-20(18,19)11-6-4-2/h8-9,12,15H,3-7,10-11H2,1-2H3,(H,16,17). The first-order valence-electron chi connectivity index (χ1n) is 7.28. The van der Waals surface area contributed by atoms with E-state index in [1.807, 2.05) is 13.0 Å². The van der Waals surface area contributed by atoms with E-state index >= 15 is 0 Å². The Morgan fingerprint density at radius 1 is 1.10 bits per heavy atom. The third-order valence-electron chi connectivity index (χ3n) is 2.90. The van der Waals surface area contributed by atoms with E-state index in [1.54, 1.807) is 12.3 Å². The number of sulfonamides is 1. The third kappa shape index (κ3) is 6.75. The van der Waals surface area contributed by atoms with Crippen molar-refractivity contribution in [2.24, 2.45) is 0 Å². The van der Waals surface area contributed by atoms with Gasteiger partial charge in [-0.15, -0.1) is 0 Å². The number of unbranched alkanes of at least 4 members (excludes halogenated alkanes) is 3. The number of nitrogens with zero attached hydrogens (tertiary/aromatic N) is 1. The normalized spacial score (nSPS) is 11.3. The fourth-order valence-electron chi connectivity index (χ4n) is 1.71. The zero-order valence-electron chi connectivity index (χ0n) is 12.4. The fraction of sp³-hybridized carbons (Fsp3) is 0.643. The second-order valence-corrected chi connectivity index (χ2v) is 6.68. The van der Waals surface area contributed by atoms with Crippen molar-refractivity contribution >= 4 is 21.5 Å². The molecule has 1 aromatic rings. The summed E-state index contributed by atoms with van der Waals surface area (Å²) in [5.74, 6) is 0.516. The van der Waals surface area contributed by atoms with E-state index in [4.69, 9.17) is 0 Å². The van der Waals surface area contributed by atoms with Crippen LogP contribution in [0.2, 0.25) is 0 Å². The van der Waals surface area contributed by atoms with Crippen LogP contribution in [0.5, 0.6) is 0 Å². The number of nitrogens with one attached hydrogen (secondary N) is 2.